The lowest BCUT2D eigenvalue weighted by molar-refractivity contribution is 0.111. The van der Waals surface area contributed by atoms with E-state index in [1.807, 2.05) is 6.33 Å². The van der Waals surface area contributed by atoms with E-state index in [-0.39, 0.29) is 6.10 Å². The molecule has 6 rings (SSSR count). The van der Waals surface area contributed by atoms with Gasteiger partial charge in [-0.1, -0.05) is 6.07 Å². The SMILES string of the molecule is N#Cc1ccnc(Nc2cc(C3CC3)cc(-c3ccc4ncn([C@H]5CC[C@H](O)CC5)c4c3)n2)c1. The molecule has 2 aliphatic carbocycles. The molecule has 2 aliphatic rings. The Morgan fingerprint density at radius 1 is 0.941 bits per heavy atom. The van der Waals surface area contributed by atoms with Gasteiger partial charge in [-0.3, -0.25) is 0 Å². The van der Waals surface area contributed by atoms with E-state index in [1.165, 1.54) is 18.4 Å². The number of imidazole rings is 1. The zero-order chi connectivity index (χ0) is 23.1. The molecule has 0 spiro atoms. The summed E-state index contributed by atoms with van der Waals surface area (Å²) in [6, 6.07) is 16.6. The summed E-state index contributed by atoms with van der Waals surface area (Å²) in [4.78, 5) is 13.9. The fourth-order valence-corrected chi connectivity index (χ4v) is 4.93. The second-order valence-electron chi connectivity index (χ2n) is 9.43. The highest BCUT2D eigenvalue weighted by molar-refractivity contribution is 5.82. The molecule has 170 valence electrons. The molecule has 0 saturated heterocycles. The summed E-state index contributed by atoms with van der Waals surface area (Å²) in [5.74, 6) is 1.92. The number of nitrogens with zero attached hydrogens (tertiary/aromatic N) is 5. The van der Waals surface area contributed by atoms with Crippen molar-refractivity contribution < 1.29 is 5.11 Å². The van der Waals surface area contributed by atoms with Gasteiger partial charge in [-0.25, -0.2) is 15.0 Å². The van der Waals surface area contributed by atoms with Crippen LogP contribution < -0.4 is 5.32 Å². The molecule has 7 nitrogen and oxygen atoms in total. The predicted octanol–water partition coefficient (Wildman–Crippen LogP) is 5.46. The Bertz CT molecular complexity index is 1390. The van der Waals surface area contributed by atoms with Crippen LogP contribution in [0.3, 0.4) is 0 Å². The number of nitrogens with one attached hydrogen (secondary N) is 1. The lowest BCUT2D eigenvalue weighted by Crippen LogP contribution is -2.20. The summed E-state index contributed by atoms with van der Waals surface area (Å²) in [7, 11) is 0. The summed E-state index contributed by atoms with van der Waals surface area (Å²) >= 11 is 0. The number of benzene rings is 1. The molecule has 0 aliphatic heterocycles. The van der Waals surface area contributed by atoms with Crippen molar-refractivity contribution in [2.24, 2.45) is 0 Å². The van der Waals surface area contributed by atoms with Gasteiger partial charge in [0.2, 0.25) is 0 Å². The molecule has 0 unspecified atom stereocenters. The van der Waals surface area contributed by atoms with Gasteiger partial charge in [-0.2, -0.15) is 5.26 Å². The largest absolute Gasteiger partial charge is 0.393 e. The van der Waals surface area contributed by atoms with Crippen LogP contribution in [-0.2, 0) is 0 Å². The fraction of sp³-hybridized carbons (Fsp3) is 0.333. The molecule has 34 heavy (non-hydrogen) atoms. The van der Waals surface area contributed by atoms with Gasteiger partial charge in [-0.05, 0) is 86.4 Å². The highest BCUT2D eigenvalue weighted by atomic mass is 16.3. The molecule has 0 amide bonds. The summed E-state index contributed by atoms with van der Waals surface area (Å²) in [5, 5.41) is 22.4. The van der Waals surface area contributed by atoms with Crippen LogP contribution in [0.5, 0.6) is 0 Å². The Balaban J connectivity index is 1.37. The Morgan fingerprint density at radius 3 is 2.59 bits per heavy atom. The van der Waals surface area contributed by atoms with Crippen LogP contribution in [0.25, 0.3) is 22.3 Å². The molecule has 7 heteroatoms. The number of fused-ring (bicyclic) bond motifs is 1. The second-order valence-corrected chi connectivity index (χ2v) is 9.43. The molecule has 0 bridgehead atoms. The minimum absolute atomic E-state index is 0.176. The van der Waals surface area contributed by atoms with E-state index < -0.39 is 0 Å². The Hall–Kier alpha value is -3.76. The minimum atomic E-state index is -0.176. The predicted molar refractivity (Wildman–Crippen MR) is 131 cm³/mol. The van der Waals surface area contributed by atoms with Crippen molar-refractivity contribution in [3.05, 3.63) is 66.1 Å². The Morgan fingerprint density at radius 2 is 1.79 bits per heavy atom. The van der Waals surface area contributed by atoms with Gasteiger partial charge in [-0.15, -0.1) is 0 Å². The Kier molecular flexibility index (Phi) is 5.23. The summed E-state index contributed by atoms with van der Waals surface area (Å²) in [5.41, 5.74) is 5.88. The van der Waals surface area contributed by atoms with Gasteiger partial charge in [0.05, 0.1) is 40.8 Å². The molecule has 4 aromatic rings. The molecule has 2 fully saturated rings. The monoisotopic (exact) mass is 450 g/mol. The molecular weight excluding hydrogens is 424 g/mol. The van der Waals surface area contributed by atoms with E-state index in [4.69, 9.17) is 4.98 Å². The second kappa shape index (κ2) is 8.54. The summed E-state index contributed by atoms with van der Waals surface area (Å²) < 4.78 is 2.27. The molecule has 3 aromatic heterocycles. The van der Waals surface area contributed by atoms with E-state index in [2.05, 4.69) is 56.3 Å². The minimum Gasteiger partial charge on any atom is -0.393 e. The average Bonchev–Trinajstić information content (AvgIpc) is 3.64. The first-order valence-corrected chi connectivity index (χ1v) is 12.0. The van der Waals surface area contributed by atoms with Crippen molar-refractivity contribution in [3.8, 4) is 17.3 Å². The molecular formula is C27H26N6O. The lowest BCUT2D eigenvalue weighted by Gasteiger charge is -2.27. The lowest BCUT2D eigenvalue weighted by atomic mass is 9.93. The number of hydrogen-bond donors (Lipinski definition) is 2. The number of pyridine rings is 2. The fourth-order valence-electron chi connectivity index (χ4n) is 4.93. The van der Waals surface area contributed by atoms with Crippen LogP contribution in [0.1, 0.15) is 61.6 Å². The maximum atomic E-state index is 9.91. The molecule has 1 aromatic carbocycles. The van der Waals surface area contributed by atoms with Gasteiger partial charge >= 0.3 is 0 Å². The Labute approximate surface area is 198 Å². The van der Waals surface area contributed by atoms with Crippen LogP contribution in [0.4, 0.5) is 11.6 Å². The zero-order valence-electron chi connectivity index (χ0n) is 18.9. The maximum Gasteiger partial charge on any atom is 0.132 e. The van der Waals surface area contributed by atoms with Crippen LogP contribution in [0.2, 0.25) is 0 Å². The number of aromatic nitrogens is 4. The quantitative estimate of drug-likeness (QED) is 0.419. The molecule has 0 atom stereocenters. The summed E-state index contributed by atoms with van der Waals surface area (Å²) in [6.07, 6.45) is 9.40. The van der Waals surface area contributed by atoms with Gasteiger partial charge in [0.1, 0.15) is 11.6 Å². The molecule has 2 saturated carbocycles. The molecule has 0 radical (unpaired) electrons. The van der Waals surface area contributed by atoms with Crippen LogP contribution in [0, 0.1) is 11.3 Å². The molecule has 3 heterocycles. The highest BCUT2D eigenvalue weighted by Crippen LogP contribution is 2.42. The normalized spacial score (nSPS) is 20.2. The van der Waals surface area contributed by atoms with Crippen molar-refractivity contribution in [2.45, 2.75) is 56.6 Å². The van der Waals surface area contributed by atoms with Crippen LogP contribution >= 0.6 is 0 Å². The number of anilines is 2. The van der Waals surface area contributed by atoms with E-state index in [0.717, 1.165) is 53.8 Å². The van der Waals surface area contributed by atoms with Crippen LogP contribution in [0.15, 0.2) is 55.0 Å². The zero-order valence-corrected chi connectivity index (χ0v) is 18.9. The van der Waals surface area contributed by atoms with Gasteiger partial charge < -0.3 is 15.0 Å². The first-order valence-electron chi connectivity index (χ1n) is 12.0. The average molecular weight is 451 g/mol. The third-order valence-electron chi connectivity index (χ3n) is 6.97. The topological polar surface area (TPSA) is 99.7 Å². The highest BCUT2D eigenvalue weighted by Gasteiger charge is 2.25. The van der Waals surface area contributed by atoms with Crippen LogP contribution in [-0.4, -0.2) is 30.7 Å². The van der Waals surface area contributed by atoms with Crippen molar-refractivity contribution in [1.82, 2.24) is 19.5 Å². The van der Waals surface area contributed by atoms with E-state index in [0.29, 0.717) is 23.3 Å². The third-order valence-corrected chi connectivity index (χ3v) is 6.97. The third kappa shape index (κ3) is 4.13. The first-order chi connectivity index (χ1) is 16.7. The van der Waals surface area contributed by atoms with Gasteiger partial charge in [0, 0.05) is 17.8 Å². The van der Waals surface area contributed by atoms with Crippen molar-refractivity contribution in [3.63, 3.8) is 0 Å². The molecule has 2 N–H and O–H groups in total. The first kappa shape index (κ1) is 20.8. The van der Waals surface area contributed by atoms with E-state index in [1.54, 1.807) is 18.3 Å². The maximum absolute atomic E-state index is 9.91. The number of rotatable bonds is 5. The van der Waals surface area contributed by atoms with Gasteiger partial charge in [0.15, 0.2) is 0 Å². The number of aliphatic hydroxyl groups excluding tert-OH is 1. The standard InChI is InChI=1S/C27H26N6O/c28-15-17-9-10-29-26(11-17)32-27-14-20(18-1-2-18)12-24(31-27)19-3-8-23-25(13-19)33(16-30-23)21-4-6-22(34)7-5-21/h3,8-14,16,18,21-22,34H,1-2,4-7H2,(H,29,31,32)/t21-,22-. The van der Waals surface area contributed by atoms with Crippen molar-refractivity contribution >= 4 is 22.7 Å². The van der Waals surface area contributed by atoms with E-state index in [9.17, 15) is 10.4 Å². The number of nitriles is 1. The summed E-state index contributed by atoms with van der Waals surface area (Å²) in [6.45, 7) is 0. The van der Waals surface area contributed by atoms with Gasteiger partial charge in [0.25, 0.3) is 0 Å². The van der Waals surface area contributed by atoms with Crippen molar-refractivity contribution in [2.75, 3.05) is 5.32 Å². The van der Waals surface area contributed by atoms with E-state index >= 15 is 0 Å². The van der Waals surface area contributed by atoms with Crippen molar-refractivity contribution in [1.29, 1.82) is 5.26 Å². The number of aliphatic hydroxyl groups is 1. The number of hydrogen-bond acceptors (Lipinski definition) is 6. The smallest absolute Gasteiger partial charge is 0.132 e.